The molecule has 0 spiro atoms. The number of hydrogen-bond acceptors (Lipinski definition) is 1. The van der Waals surface area contributed by atoms with E-state index in [2.05, 4.69) is 0 Å². The van der Waals surface area contributed by atoms with Crippen LogP contribution in [0.25, 0.3) is 11.1 Å². The standard InChI is InChI=1S/C13H8Cl4FN/c14-9-4-10(15)13(17)11(12(9)16)8-2-1-7(18)3-6(8)5-19/h1-4H,5,19H2. The van der Waals surface area contributed by atoms with Crippen LogP contribution in [0.2, 0.25) is 20.1 Å². The summed E-state index contributed by atoms with van der Waals surface area (Å²) >= 11 is 24.3. The Morgan fingerprint density at radius 3 is 2.05 bits per heavy atom. The number of rotatable bonds is 2. The SMILES string of the molecule is NCc1cc(F)ccc1-c1c(Cl)c(Cl)cc(Cl)c1Cl. The van der Waals surface area contributed by atoms with Crippen molar-refractivity contribution < 1.29 is 4.39 Å². The summed E-state index contributed by atoms with van der Waals surface area (Å²) in [5.74, 6) is -0.385. The molecule has 19 heavy (non-hydrogen) atoms. The minimum Gasteiger partial charge on any atom is -0.326 e. The molecule has 0 heterocycles. The van der Waals surface area contributed by atoms with Gasteiger partial charge >= 0.3 is 0 Å². The molecule has 0 aliphatic carbocycles. The van der Waals surface area contributed by atoms with Gasteiger partial charge in [0, 0.05) is 12.1 Å². The van der Waals surface area contributed by atoms with Gasteiger partial charge in [-0.3, -0.25) is 0 Å². The van der Waals surface area contributed by atoms with Gasteiger partial charge in [0.05, 0.1) is 20.1 Å². The number of nitrogens with two attached hydrogens (primary N) is 1. The zero-order chi connectivity index (χ0) is 14.2. The summed E-state index contributed by atoms with van der Waals surface area (Å²) in [6.07, 6.45) is 0. The van der Waals surface area contributed by atoms with Crippen molar-refractivity contribution in [3.63, 3.8) is 0 Å². The average molecular weight is 339 g/mol. The van der Waals surface area contributed by atoms with Crippen LogP contribution in [0.4, 0.5) is 4.39 Å². The summed E-state index contributed by atoms with van der Waals surface area (Å²) in [4.78, 5) is 0. The molecule has 2 N–H and O–H groups in total. The van der Waals surface area contributed by atoms with Crippen LogP contribution in [-0.4, -0.2) is 0 Å². The fraction of sp³-hybridized carbons (Fsp3) is 0.0769. The van der Waals surface area contributed by atoms with Crippen LogP contribution in [0.1, 0.15) is 5.56 Å². The molecule has 0 aliphatic rings. The zero-order valence-corrected chi connectivity index (χ0v) is 12.5. The molecule has 0 aromatic heterocycles. The lowest BCUT2D eigenvalue weighted by Gasteiger charge is -2.14. The predicted octanol–water partition coefficient (Wildman–Crippen LogP) is 5.57. The van der Waals surface area contributed by atoms with Gasteiger partial charge in [-0.15, -0.1) is 0 Å². The van der Waals surface area contributed by atoms with Crippen LogP contribution in [0.5, 0.6) is 0 Å². The second-order valence-electron chi connectivity index (χ2n) is 3.85. The van der Waals surface area contributed by atoms with E-state index in [4.69, 9.17) is 52.1 Å². The lowest BCUT2D eigenvalue weighted by Crippen LogP contribution is -2.00. The Kier molecular flexibility index (Phi) is 4.59. The van der Waals surface area contributed by atoms with Crippen LogP contribution < -0.4 is 5.73 Å². The first-order valence-corrected chi connectivity index (χ1v) is 6.78. The van der Waals surface area contributed by atoms with Gasteiger partial charge in [-0.05, 0) is 29.3 Å². The molecule has 100 valence electrons. The van der Waals surface area contributed by atoms with E-state index in [1.165, 1.54) is 18.2 Å². The fourth-order valence-electron chi connectivity index (χ4n) is 1.78. The zero-order valence-electron chi connectivity index (χ0n) is 9.48. The summed E-state index contributed by atoms with van der Waals surface area (Å²) in [6.45, 7) is 0.143. The van der Waals surface area contributed by atoms with Gasteiger partial charge in [-0.1, -0.05) is 52.5 Å². The lowest BCUT2D eigenvalue weighted by molar-refractivity contribution is 0.625. The van der Waals surface area contributed by atoms with Crippen LogP contribution >= 0.6 is 46.4 Å². The van der Waals surface area contributed by atoms with Crippen LogP contribution in [-0.2, 0) is 6.54 Å². The molecular weight excluding hydrogens is 331 g/mol. The van der Waals surface area contributed by atoms with Gasteiger partial charge in [-0.2, -0.15) is 0 Å². The van der Waals surface area contributed by atoms with Crippen molar-refractivity contribution in [3.05, 3.63) is 55.7 Å². The third-order valence-corrected chi connectivity index (χ3v) is 4.24. The Hall–Kier alpha value is -0.510. The molecule has 1 nitrogen and oxygen atoms in total. The predicted molar refractivity (Wildman–Crippen MR) is 79.8 cm³/mol. The van der Waals surface area contributed by atoms with Crippen molar-refractivity contribution >= 4 is 46.4 Å². The molecule has 2 aromatic rings. The van der Waals surface area contributed by atoms with Crippen molar-refractivity contribution in [1.82, 2.24) is 0 Å². The molecule has 2 aromatic carbocycles. The minimum absolute atomic E-state index is 0.143. The quantitative estimate of drug-likeness (QED) is 0.712. The molecule has 0 saturated carbocycles. The van der Waals surface area contributed by atoms with E-state index >= 15 is 0 Å². The van der Waals surface area contributed by atoms with E-state index in [9.17, 15) is 4.39 Å². The number of hydrogen-bond donors (Lipinski definition) is 1. The molecule has 0 radical (unpaired) electrons. The molecule has 0 fully saturated rings. The molecule has 0 atom stereocenters. The van der Waals surface area contributed by atoms with E-state index in [-0.39, 0.29) is 32.5 Å². The van der Waals surface area contributed by atoms with Crippen molar-refractivity contribution in [2.75, 3.05) is 0 Å². The van der Waals surface area contributed by atoms with E-state index in [1.54, 1.807) is 6.07 Å². The largest absolute Gasteiger partial charge is 0.326 e. The van der Waals surface area contributed by atoms with Crippen LogP contribution in [0.15, 0.2) is 24.3 Å². The Morgan fingerprint density at radius 1 is 0.947 bits per heavy atom. The summed E-state index contributed by atoms with van der Waals surface area (Å²) in [7, 11) is 0. The van der Waals surface area contributed by atoms with E-state index in [0.717, 1.165) is 0 Å². The van der Waals surface area contributed by atoms with E-state index < -0.39 is 0 Å². The smallest absolute Gasteiger partial charge is 0.123 e. The topological polar surface area (TPSA) is 26.0 Å². The summed E-state index contributed by atoms with van der Waals surface area (Å²) in [5, 5.41) is 1.08. The van der Waals surface area contributed by atoms with E-state index in [1.807, 2.05) is 0 Å². The Bertz CT molecular complexity index is 617. The maximum atomic E-state index is 13.2. The average Bonchev–Trinajstić information content (AvgIpc) is 2.38. The monoisotopic (exact) mass is 337 g/mol. The fourth-order valence-corrected chi connectivity index (χ4v) is 2.80. The summed E-state index contributed by atoms with van der Waals surface area (Å²) in [5.41, 5.74) is 7.26. The first kappa shape index (κ1) is 14.9. The van der Waals surface area contributed by atoms with Crippen LogP contribution in [0, 0.1) is 5.82 Å². The minimum atomic E-state index is -0.385. The molecular formula is C13H8Cl4FN. The molecule has 0 bridgehead atoms. The van der Waals surface area contributed by atoms with Crippen molar-refractivity contribution in [1.29, 1.82) is 0 Å². The maximum absolute atomic E-state index is 13.2. The lowest BCUT2D eigenvalue weighted by atomic mass is 9.99. The highest BCUT2D eigenvalue weighted by Gasteiger charge is 2.18. The second-order valence-corrected chi connectivity index (χ2v) is 5.42. The molecule has 0 amide bonds. The van der Waals surface area contributed by atoms with Crippen molar-refractivity contribution in [3.8, 4) is 11.1 Å². The van der Waals surface area contributed by atoms with Gasteiger partial charge in [0.25, 0.3) is 0 Å². The third kappa shape index (κ3) is 2.83. The highest BCUT2D eigenvalue weighted by molar-refractivity contribution is 6.50. The van der Waals surface area contributed by atoms with Gasteiger partial charge < -0.3 is 5.73 Å². The molecule has 2 rings (SSSR count). The Morgan fingerprint density at radius 2 is 1.53 bits per heavy atom. The molecule has 6 heteroatoms. The third-order valence-electron chi connectivity index (χ3n) is 2.67. The second kappa shape index (κ2) is 5.86. The molecule has 0 unspecified atom stereocenters. The first-order valence-electron chi connectivity index (χ1n) is 5.27. The number of benzene rings is 2. The van der Waals surface area contributed by atoms with Gasteiger partial charge in [0.1, 0.15) is 5.82 Å². The van der Waals surface area contributed by atoms with Crippen molar-refractivity contribution in [2.24, 2.45) is 5.73 Å². The normalized spacial score (nSPS) is 10.8. The summed E-state index contributed by atoms with van der Waals surface area (Å²) in [6, 6.07) is 5.65. The summed E-state index contributed by atoms with van der Waals surface area (Å²) < 4.78 is 13.2. The number of halogens is 5. The highest BCUT2D eigenvalue weighted by Crippen LogP contribution is 2.44. The maximum Gasteiger partial charge on any atom is 0.123 e. The molecule has 0 aliphatic heterocycles. The van der Waals surface area contributed by atoms with Crippen LogP contribution in [0.3, 0.4) is 0 Å². The molecule has 0 saturated heterocycles. The van der Waals surface area contributed by atoms with E-state index in [0.29, 0.717) is 16.7 Å². The van der Waals surface area contributed by atoms with Gasteiger partial charge in [0.2, 0.25) is 0 Å². The highest BCUT2D eigenvalue weighted by atomic mass is 35.5. The Labute approximate surface area is 130 Å². The Balaban J connectivity index is 2.79. The van der Waals surface area contributed by atoms with Crippen molar-refractivity contribution in [2.45, 2.75) is 6.54 Å². The van der Waals surface area contributed by atoms with Gasteiger partial charge in [0.15, 0.2) is 0 Å². The van der Waals surface area contributed by atoms with Gasteiger partial charge in [-0.25, -0.2) is 4.39 Å². The first-order chi connectivity index (χ1) is 8.95.